The number of ether oxygens (including phenoxy) is 1. The van der Waals surface area contributed by atoms with Crippen LogP contribution >= 0.6 is 0 Å². The minimum absolute atomic E-state index is 0.0562. The summed E-state index contributed by atoms with van der Waals surface area (Å²) in [6.07, 6.45) is 1.45. The van der Waals surface area contributed by atoms with Gasteiger partial charge in [-0.15, -0.1) is 0 Å². The fraction of sp³-hybridized carbons (Fsp3) is 0.524. The maximum Gasteiger partial charge on any atom is 0.272 e. The van der Waals surface area contributed by atoms with Crippen LogP contribution in [0.15, 0.2) is 23.1 Å². The molecule has 1 saturated heterocycles. The van der Waals surface area contributed by atoms with Crippen molar-refractivity contribution in [3.05, 3.63) is 39.6 Å². The maximum absolute atomic E-state index is 13.3. The molecular formula is C21H29N5O6S. The van der Waals surface area contributed by atoms with E-state index in [2.05, 4.69) is 10.4 Å². The highest BCUT2D eigenvalue weighted by Gasteiger charge is 2.33. The summed E-state index contributed by atoms with van der Waals surface area (Å²) in [6.45, 7) is 8.97. The maximum atomic E-state index is 13.3. The highest BCUT2D eigenvalue weighted by atomic mass is 32.2. The van der Waals surface area contributed by atoms with Crippen molar-refractivity contribution in [3.8, 4) is 11.6 Å². The minimum atomic E-state index is -4.01. The number of carbonyl (C=O) groups is 1. The summed E-state index contributed by atoms with van der Waals surface area (Å²) in [6, 6.07) is 3.48. The van der Waals surface area contributed by atoms with Gasteiger partial charge in [-0.3, -0.25) is 14.9 Å². The lowest BCUT2D eigenvalue weighted by Crippen LogP contribution is -2.28. The van der Waals surface area contributed by atoms with E-state index < -0.39 is 14.9 Å². The summed E-state index contributed by atoms with van der Waals surface area (Å²) >= 11 is 0. The molecule has 33 heavy (non-hydrogen) atoms. The van der Waals surface area contributed by atoms with Crippen molar-refractivity contribution in [2.24, 2.45) is 5.92 Å². The molecule has 1 aromatic carbocycles. The summed E-state index contributed by atoms with van der Waals surface area (Å²) in [7, 11) is -4.01. The first-order valence-corrected chi connectivity index (χ1v) is 12.3. The SMILES string of the molecule is CCn1nc(C(=O)NCC(C)C)c(C)c1Oc1ccc([N+](=O)[O-])cc1S(=O)(=O)N1CCCC1. The molecule has 1 fully saturated rings. The summed E-state index contributed by atoms with van der Waals surface area (Å²) in [5.41, 5.74) is 0.272. The number of nitrogens with zero attached hydrogens (tertiary/aromatic N) is 4. The van der Waals surface area contributed by atoms with Gasteiger partial charge in [0.25, 0.3) is 11.6 Å². The molecule has 0 spiro atoms. The average molecular weight is 480 g/mol. The summed E-state index contributed by atoms with van der Waals surface area (Å²) in [5.74, 6) is 0.0572. The van der Waals surface area contributed by atoms with Gasteiger partial charge in [0, 0.05) is 43.9 Å². The third-order valence-electron chi connectivity index (χ3n) is 5.34. The lowest BCUT2D eigenvalue weighted by atomic mass is 10.2. The second-order valence-corrected chi connectivity index (χ2v) is 10.2. The Morgan fingerprint density at radius 2 is 1.97 bits per heavy atom. The fourth-order valence-corrected chi connectivity index (χ4v) is 5.19. The lowest BCUT2D eigenvalue weighted by molar-refractivity contribution is -0.385. The number of rotatable bonds is 9. The number of nitrogens with one attached hydrogen (secondary N) is 1. The molecule has 11 nitrogen and oxygen atoms in total. The van der Waals surface area contributed by atoms with Gasteiger partial charge in [-0.2, -0.15) is 9.40 Å². The zero-order valence-corrected chi connectivity index (χ0v) is 20.0. The highest BCUT2D eigenvalue weighted by molar-refractivity contribution is 7.89. The molecule has 3 rings (SSSR count). The Labute approximate surface area is 192 Å². The molecule has 1 aromatic heterocycles. The molecule has 12 heteroatoms. The Kier molecular flexibility index (Phi) is 7.38. The van der Waals surface area contributed by atoms with E-state index in [-0.39, 0.29) is 39.7 Å². The van der Waals surface area contributed by atoms with Gasteiger partial charge in [0.1, 0.15) is 10.6 Å². The van der Waals surface area contributed by atoms with Crippen LogP contribution in [-0.4, -0.2) is 53.0 Å². The molecule has 180 valence electrons. The molecule has 1 aliphatic rings. The lowest BCUT2D eigenvalue weighted by Gasteiger charge is -2.18. The van der Waals surface area contributed by atoms with Crippen molar-refractivity contribution < 1.29 is 22.9 Å². The third-order valence-corrected chi connectivity index (χ3v) is 7.26. The molecule has 2 heterocycles. The summed E-state index contributed by atoms with van der Waals surface area (Å²) in [4.78, 5) is 23.0. The number of benzene rings is 1. The monoisotopic (exact) mass is 479 g/mol. The molecule has 1 amide bonds. The Hall–Kier alpha value is -2.99. The van der Waals surface area contributed by atoms with Crippen LogP contribution in [0, 0.1) is 23.0 Å². The number of non-ortho nitro benzene ring substituents is 1. The number of hydrogen-bond acceptors (Lipinski definition) is 7. The first-order valence-electron chi connectivity index (χ1n) is 10.9. The summed E-state index contributed by atoms with van der Waals surface area (Å²) in [5, 5.41) is 18.5. The van der Waals surface area contributed by atoms with Gasteiger partial charge in [0.2, 0.25) is 15.9 Å². The van der Waals surface area contributed by atoms with E-state index in [0.29, 0.717) is 31.7 Å². The Bertz CT molecular complexity index is 1150. The van der Waals surface area contributed by atoms with Crippen LogP contribution in [-0.2, 0) is 16.6 Å². The number of aryl methyl sites for hydroxylation is 1. The van der Waals surface area contributed by atoms with Crippen LogP contribution in [0.5, 0.6) is 11.6 Å². The van der Waals surface area contributed by atoms with Crippen LogP contribution in [0.4, 0.5) is 5.69 Å². The number of aromatic nitrogens is 2. The normalized spacial score (nSPS) is 14.6. The molecule has 0 atom stereocenters. The van der Waals surface area contributed by atoms with Crippen molar-refractivity contribution >= 4 is 21.6 Å². The van der Waals surface area contributed by atoms with Crippen LogP contribution in [0.25, 0.3) is 0 Å². The van der Waals surface area contributed by atoms with Gasteiger partial charge >= 0.3 is 0 Å². The molecule has 0 aliphatic carbocycles. The Balaban J connectivity index is 2.04. The van der Waals surface area contributed by atoms with E-state index in [1.165, 1.54) is 21.1 Å². The number of hydrogen-bond donors (Lipinski definition) is 1. The van der Waals surface area contributed by atoms with E-state index in [1.54, 1.807) is 6.92 Å². The first-order chi connectivity index (χ1) is 15.6. The Morgan fingerprint density at radius 3 is 2.55 bits per heavy atom. The first kappa shape index (κ1) is 24.6. The van der Waals surface area contributed by atoms with E-state index in [0.717, 1.165) is 18.9 Å². The van der Waals surface area contributed by atoms with E-state index in [9.17, 15) is 23.3 Å². The van der Waals surface area contributed by atoms with Crippen LogP contribution in [0.1, 0.15) is 49.7 Å². The molecular weight excluding hydrogens is 450 g/mol. The largest absolute Gasteiger partial charge is 0.438 e. The predicted molar refractivity (Wildman–Crippen MR) is 121 cm³/mol. The standard InChI is InChI=1S/C21H29N5O6S/c1-5-25-21(15(4)19(23-25)20(27)22-13-14(2)3)32-17-9-8-16(26(28)29)12-18(17)33(30,31)24-10-6-7-11-24/h8-9,12,14H,5-7,10-11,13H2,1-4H3,(H,22,27). The van der Waals surface area contributed by atoms with Crippen LogP contribution < -0.4 is 10.1 Å². The fourth-order valence-electron chi connectivity index (χ4n) is 3.54. The molecule has 1 aliphatic heterocycles. The van der Waals surface area contributed by atoms with Crippen molar-refractivity contribution in [2.75, 3.05) is 19.6 Å². The van der Waals surface area contributed by atoms with Gasteiger partial charge in [0.05, 0.1) is 4.92 Å². The smallest absolute Gasteiger partial charge is 0.272 e. The zero-order chi connectivity index (χ0) is 24.3. The molecule has 0 saturated carbocycles. The zero-order valence-electron chi connectivity index (χ0n) is 19.2. The third kappa shape index (κ3) is 5.17. The van der Waals surface area contributed by atoms with E-state index in [1.807, 2.05) is 20.8 Å². The van der Waals surface area contributed by atoms with Gasteiger partial charge in [-0.1, -0.05) is 13.8 Å². The quantitative estimate of drug-likeness (QED) is 0.431. The molecule has 0 bridgehead atoms. The molecule has 2 aromatic rings. The van der Waals surface area contributed by atoms with E-state index in [4.69, 9.17) is 4.74 Å². The average Bonchev–Trinajstić information content (AvgIpc) is 3.41. The van der Waals surface area contributed by atoms with Crippen LogP contribution in [0.3, 0.4) is 0 Å². The Morgan fingerprint density at radius 1 is 1.30 bits per heavy atom. The molecule has 0 radical (unpaired) electrons. The molecule has 0 unspecified atom stereocenters. The van der Waals surface area contributed by atoms with Crippen molar-refractivity contribution in [1.29, 1.82) is 0 Å². The van der Waals surface area contributed by atoms with Crippen molar-refractivity contribution in [3.63, 3.8) is 0 Å². The number of amides is 1. The van der Waals surface area contributed by atoms with E-state index >= 15 is 0 Å². The molecule has 1 N–H and O–H groups in total. The van der Waals surface area contributed by atoms with Gasteiger partial charge in [-0.05, 0) is 38.7 Å². The highest BCUT2D eigenvalue weighted by Crippen LogP contribution is 2.36. The summed E-state index contributed by atoms with van der Waals surface area (Å²) < 4.78 is 35.3. The van der Waals surface area contributed by atoms with Crippen LogP contribution in [0.2, 0.25) is 0 Å². The number of nitro benzene ring substituents is 1. The van der Waals surface area contributed by atoms with Crippen molar-refractivity contribution in [2.45, 2.75) is 52.0 Å². The van der Waals surface area contributed by atoms with Gasteiger partial charge in [-0.25, -0.2) is 13.1 Å². The van der Waals surface area contributed by atoms with Crippen molar-refractivity contribution in [1.82, 2.24) is 19.4 Å². The predicted octanol–water partition coefficient (Wildman–Crippen LogP) is 3.08. The number of nitro groups is 1. The number of carbonyl (C=O) groups excluding carboxylic acids is 1. The topological polar surface area (TPSA) is 137 Å². The second-order valence-electron chi connectivity index (χ2n) is 8.30. The van der Waals surface area contributed by atoms with Gasteiger partial charge < -0.3 is 10.1 Å². The van der Waals surface area contributed by atoms with Gasteiger partial charge in [0.15, 0.2) is 5.69 Å². The minimum Gasteiger partial charge on any atom is -0.438 e. The number of sulfonamides is 1. The second kappa shape index (κ2) is 9.87.